The quantitative estimate of drug-likeness (QED) is 0.776. The summed E-state index contributed by atoms with van der Waals surface area (Å²) >= 11 is 5.45. The molecule has 0 unspecified atom stereocenters. The normalized spacial score (nSPS) is 16.0. The Morgan fingerprint density at radius 2 is 1.84 bits per heavy atom. The third kappa shape index (κ3) is 4.79. The number of hydrogen-bond donors (Lipinski definition) is 2. The van der Waals surface area contributed by atoms with Gasteiger partial charge >= 0.3 is 0 Å². The smallest absolute Gasteiger partial charge is 0.238 e. The second-order valence-corrected chi connectivity index (χ2v) is 7.79. The third-order valence-electron chi connectivity index (χ3n) is 4.05. The van der Waals surface area contributed by atoms with Crippen LogP contribution in [0.15, 0.2) is 52.0 Å². The summed E-state index contributed by atoms with van der Waals surface area (Å²) in [5.74, 6) is 0.962. The predicted octanol–water partition coefficient (Wildman–Crippen LogP) is 1.44. The summed E-state index contributed by atoms with van der Waals surface area (Å²) in [6.45, 7) is 4.24. The lowest BCUT2D eigenvalue weighted by Gasteiger charge is -2.35. The molecule has 0 amide bonds. The minimum atomic E-state index is -3.68. The molecule has 0 saturated carbocycles. The van der Waals surface area contributed by atoms with Gasteiger partial charge in [-0.25, -0.2) is 13.6 Å². The van der Waals surface area contributed by atoms with Crippen molar-refractivity contribution in [3.63, 3.8) is 0 Å². The molecule has 0 aliphatic carbocycles. The van der Waals surface area contributed by atoms with E-state index in [2.05, 4.69) is 15.1 Å². The average Bonchev–Trinajstić information content (AvgIpc) is 3.08. The van der Waals surface area contributed by atoms with E-state index in [1.165, 1.54) is 12.1 Å². The Morgan fingerprint density at radius 1 is 1.16 bits per heavy atom. The van der Waals surface area contributed by atoms with E-state index in [-0.39, 0.29) is 4.90 Å². The molecule has 0 spiro atoms. The van der Waals surface area contributed by atoms with Gasteiger partial charge in [-0.1, -0.05) is 0 Å². The molecule has 1 aromatic heterocycles. The molecule has 0 radical (unpaired) electrons. The Balaban J connectivity index is 1.51. The molecule has 3 N–H and O–H groups in total. The fourth-order valence-electron chi connectivity index (χ4n) is 2.66. The molecule has 1 aliphatic rings. The number of piperazine rings is 1. The number of sulfonamides is 1. The Morgan fingerprint density at radius 3 is 2.40 bits per heavy atom. The van der Waals surface area contributed by atoms with E-state index in [1.807, 2.05) is 12.1 Å². The first kappa shape index (κ1) is 17.9. The number of furan rings is 1. The molecule has 2 aromatic rings. The first-order valence-corrected chi connectivity index (χ1v) is 9.81. The van der Waals surface area contributed by atoms with Gasteiger partial charge < -0.3 is 14.6 Å². The highest BCUT2D eigenvalue weighted by Crippen LogP contribution is 2.15. The second-order valence-electron chi connectivity index (χ2n) is 5.84. The fraction of sp³-hybridized carbons (Fsp3) is 0.312. The standard InChI is InChI=1S/C16H20N4O3S2/c17-25(21,22)15-5-3-13(4-6-15)18-16(24)20-9-7-19(8-10-20)12-14-2-1-11-23-14/h1-6,11H,7-10,12H2,(H,18,24)(H2,17,21,22). The van der Waals surface area contributed by atoms with Crippen molar-refractivity contribution in [2.45, 2.75) is 11.4 Å². The number of anilines is 1. The maximum absolute atomic E-state index is 11.3. The van der Waals surface area contributed by atoms with Gasteiger partial charge in [0, 0.05) is 31.9 Å². The maximum Gasteiger partial charge on any atom is 0.238 e. The van der Waals surface area contributed by atoms with Crippen molar-refractivity contribution < 1.29 is 12.8 Å². The monoisotopic (exact) mass is 380 g/mol. The number of thiocarbonyl (C=S) groups is 1. The van der Waals surface area contributed by atoms with Gasteiger partial charge in [0.25, 0.3) is 0 Å². The van der Waals surface area contributed by atoms with Crippen molar-refractivity contribution in [1.29, 1.82) is 0 Å². The van der Waals surface area contributed by atoms with E-state index in [4.69, 9.17) is 21.8 Å². The van der Waals surface area contributed by atoms with Crippen molar-refractivity contribution in [1.82, 2.24) is 9.80 Å². The van der Waals surface area contributed by atoms with Crippen LogP contribution in [0.25, 0.3) is 0 Å². The second kappa shape index (κ2) is 7.52. The molecule has 2 heterocycles. The summed E-state index contributed by atoms with van der Waals surface area (Å²) in [4.78, 5) is 4.50. The van der Waals surface area contributed by atoms with Crippen LogP contribution in [0.2, 0.25) is 0 Å². The van der Waals surface area contributed by atoms with Gasteiger partial charge in [-0.3, -0.25) is 4.90 Å². The third-order valence-corrected chi connectivity index (χ3v) is 5.34. The van der Waals surface area contributed by atoms with Crippen LogP contribution in [0.1, 0.15) is 5.76 Å². The van der Waals surface area contributed by atoms with Gasteiger partial charge in [0.2, 0.25) is 10.0 Å². The summed E-state index contributed by atoms with van der Waals surface area (Å²) in [7, 11) is -3.68. The minimum absolute atomic E-state index is 0.0792. The van der Waals surface area contributed by atoms with Gasteiger partial charge in [-0.2, -0.15) is 0 Å². The fourth-order valence-corrected chi connectivity index (χ4v) is 3.48. The Bertz CT molecular complexity index is 812. The van der Waals surface area contributed by atoms with Crippen LogP contribution in [0.3, 0.4) is 0 Å². The highest BCUT2D eigenvalue weighted by molar-refractivity contribution is 7.89. The number of nitrogens with one attached hydrogen (secondary N) is 1. The zero-order valence-corrected chi connectivity index (χ0v) is 15.2. The zero-order valence-electron chi connectivity index (χ0n) is 13.6. The molecule has 25 heavy (non-hydrogen) atoms. The molecular weight excluding hydrogens is 360 g/mol. The first-order valence-electron chi connectivity index (χ1n) is 7.85. The maximum atomic E-state index is 11.3. The predicted molar refractivity (Wildman–Crippen MR) is 99.6 cm³/mol. The van der Waals surface area contributed by atoms with Gasteiger partial charge in [0.05, 0.1) is 17.7 Å². The van der Waals surface area contributed by atoms with Crippen LogP contribution >= 0.6 is 12.2 Å². The molecule has 0 atom stereocenters. The zero-order chi connectivity index (χ0) is 17.9. The van der Waals surface area contributed by atoms with Gasteiger partial charge in [0.15, 0.2) is 5.11 Å². The number of nitrogens with two attached hydrogens (primary N) is 1. The van der Waals surface area contributed by atoms with Crippen molar-refractivity contribution >= 4 is 33.0 Å². The van der Waals surface area contributed by atoms with E-state index in [0.29, 0.717) is 5.11 Å². The molecule has 3 rings (SSSR count). The Hall–Kier alpha value is -1.94. The largest absolute Gasteiger partial charge is 0.468 e. The molecule has 1 fully saturated rings. The highest BCUT2D eigenvalue weighted by Gasteiger charge is 2.19. The number of rotatable bonds is 4. The Kier molecular flexibility index (Phi) is 5.38. The molecular formula is C16H20N4O3S2. The lowest BCUT2D eigenvalue weighted by Crippen LogP contribution is -2.49. The molecule has 134 valence electrons. The Labute approximate surface area is 152 Å². The lowest BCUT2D eigenvalue weighted by molar-refractivity contribution is 0.166. The summed E-state index contributed by atoms with van der Waals surface area (Å²) in [5, 5.41) is 8.85. The summed E-state index contributed by atoms with van der Waals surface area (Å²) in [6, 6.07) is 10.1. The van der Waals surface area contributed by atoms with E-state index < -0.39 is 10.0 Å². The number of primary sulfonamides is 1. The molecule has 0 bridgehead atoms. The lowest BCUT2D eigenvalue weighted by atomic mass is 10.3. The van der Waals surface area contributed by atoms with Crippen LogP contribution in [0, 0.1) is 0 Å². The van der Waals surface area contributed by atoms with Crippen LogP contribution in [0.5, 0.6) is 0 Å². The van der Waals surface area contributed by atoms with Gasteiger partial charge in [0.1, 0.15) is 5.76 Å². The molecule has 1 aromatic carbocycles. The van der Waals surface area contributed by atoms with Crippen molar-refractivity contribution in [3.05, 3.63) is 48.4 Å². The summed E-state index contributed by atoms with van der Waals surface area (Å²) in [5.41, 5.74) is 0.732. The molecule has 7 nitrogen and oxygen atoms in total. The van der Waals surface area contributed by atoms with Gasteiger partial charge in [-0.15, -0.1) is 0 Å². The van der Waals surface area contributed by atoms with E-state index in [9.17, 15) is 8.42 Å². The van der Waals surface area contributed by atoms with Crippen LogP contribution in [0.4, 0.5) is 5.69 Å². The molecule has 1 saturated heterocycles. The number of benzene rings is 1. The molecule has 1 aliphatic heterocycles. The van der Waals surface area contributed by atoms with E-state index in [1.54, 1.807) is 18.4 Å². The number of hydrogen-bond acceptors (Lipinski definition) is 5. The van der Waals surface area contributed by atoms with Crippen molar-refractivity contribution in [2.24, 2.45) is 5.14 Å². The SMILES string of the molecule is NS(=O)(=O)c1ccc(NC(=S)N2CCN(Cc3ccco3)CC2)cc1. The summed E-state index contributed by atoms with van der Waals surface area (Å²) in [6.07, 6.45) is 1.69. The van der Waals surface area contributed by atoms with Crippen LogP contribution in [-0.4, -0.2) is 49.5 Å². The van der Waals surface area contributed by atoms with E-state index in [0.717, 1.165) is 44.2 Å². The average molecular weight is 380 g/mol. The van der Waals surface area contributed by atoms with Crippen molar-refractivity contribution in [2.75, 3.05) is 31.5 Å². The number of nitrogens with zero attached hydrogens (tertiary/aromatic N) is 2. The van der Waals surface area contributed by atoms with Crippen LogP contribution < -0.4 is 10.5 Å². The minimum Gasteiger partial charge on any atom is -0.468 e. The topological polar surface area (TPSA) is 91.8 Å². The summed E-state index contributed by atoms with van der Waals surface area (Å²) < 4.78 is 27.9. The highest BCUT2D eigenvalue weighted by atomic mass is 32.2. The van der Waals surface area contributed by atoms with Gasteiger partial charge in [-0.05, 0) is 48.6 Å². The van der Waals surface area contributed by atoms with Crippen LogP contribution in [-0.2, 0) is 16.6 Å². The van der Waals surface area contributed by atoms with E-state index >= 15 is 0 Å². The first-order chi connectivity index (χ1) is 11.9. The molecule has 9 heteroatoms. The van der Waals surface area contributed by atoms with Crippen molar-refractivity contribution in [3.8, 4) is 0 Å².